The van der Waals surface area contributed by atoms with Crippen molar-refractivity contribution in [2.24, 2.45) is 0 Å². The van der Waals surface area contributed by atoms with Gasteiger partial charge in [0.1, 0.15) is 0 Å². The summed E-state index contributed by atoms with van der Waals surface area (Å²) in [6.07, 6.45) is 7.00. The molecule has 5 nitrogen and oxygen atoms in total. The summed E-state index contributed by atoms with van der Waals surface area (Å²) >= 11 is 0. The number of hydrogen-bond acceptors (Lipinski definition) is 1. The van der Waals surface area contributed by atoms with Crippen LogP contribution in [0, 0.1) is 0 Å². The summed E-state index contributed by atoms with van der Waals surface area (Å²) in [6.45, 7) is 3.59. The van der Waals surface area contributed by atoms with Crippen molar-refractivity contribution in [3.05, 3.63) is 0 Å². The van der Waals surface area contributed by atoms with Gasteiger partial charge in [0.2, 0.25) is 0 Å². The maximum absolute atomic E-state index is 8.88. The average molecular weight is 256 g/mol. The molecule has 0 rings (SSSR count). The molecule has 0 aliphatic carbocycles. The maximum atomic E-state index is 8.88. The number of rotatable bonds is 6. The van der Waals surface area contributed by atoms with Crippen molar-refractivity contribution in [3.8, 4) is 0 Å². The molecule has 0 aromatic carbocycles. The van der Waals surface area contributed by atoms with Gasteiger partial charge >= 0.3 is 7.82 Å². The molecule has 0 fully saturated rings. The number of phosphoric acid groups is 1. The number of quaternary nitrogens is 1. The van der Waals surface area contributed by atoms with Gasteiger partial charge in [0.25, 0.3) is 0 Å². The molecule has 0 spiro atoms. The highest BCUT2D eigenvalue weighted by atomic mass is 31.2. The van der Waals surface area contributed by atoms with Crippen molar-refractivity contribution in [1.29, 1.82) is 0 Å². The Labute approximate surface area is 98.9 Å². The number of hydrogen-bond donors (Lipinski definition) is 3. The summed E-state index contributed by atoms with van der Waals surface area (Å²) in [5.74, 6) is 0. The van der Waals surface area contributed by atoms with E-state index in [1.165, 1.54) is 38.6 Å². The van der Waals surface area contributed by atoms with Crippen LogP contribution >= 0.6 is 7.82 Å². The molecular weight excluding hydrogens is 229 g/mol. The lowest BCUT2D eigenvalue weighted by atomic mass is 10.1. The SMILES string of the molecule is CCCCCCC[N+](C)(C)C.O=P(O)(O)O. The molecule has 0 bridgehead atoms. The van der Waals surface area contributed by atoms with Gasteiger partial charge in [-0.2, -0.15) is 0 Å². The van der Waals surface area contributed by atoms with E-state index in [-0.39, 0.29) is 0 Å². The van der Waals surface area contributed by atoms with E-state index in [1.54, 1.807) is 0 Å². The van der Waals surface area contributed by atoms with Crippen LogP contribution in [0.5, 0.6) is 0 Å². The lowest BCUT2D eigenvalue weighted by Crippen LogP contribution is -2.35. The fourth-order valence-corrected chi connectivity index (χ4v) is 1.19. The Bertz CT molecular complexity index is 189. The maximum Gasteiger partial charge on any atom is 0.466 e. The zero-order valence-corrected chi connectivity index (χ0v) is 11.8. The van der Waals surface area contributed by atoms with Crippen molar-refractivity contribution < 1.29 is 23.7 Å². The predicted molar refractivity (Wildman–Crippen MR) is 65.9 cm³/mol. The van der Waals surface area contributed by atoms with Gasteiger partial charge in [-0.05, 0) is 12.8 Å². The highest BCUT2D eigenvalue weighted by Crippen LogP contribution is 2.25. The van der Waals surface area contributed by atoms with Gasteiger partial charge in [0, 0.05) is 0 Å². The molecule has 0 aliphatic heterocycles. The topological polar surface area (TPSA) is 77.8 Å². The highest BCUT2D eigenvalue weighted by Gasteiger charge is 2.04. The molecule has 100 valence electrons. The van der Waals surface area contributed by atoms with Crippen LogP contribution in [0.2, 0.25) is 0 Å². The Morgan fingerprint density at radius 1 is 0.938 bits per heavy atom. The molecule has 0 atom stereocenters. The van der Waals surface area contributed by atoms with Crippen molar-refractivity contribution >= 4 is 7.82 Å². The highest BCUT2D eigenvalue weighted by molar-refractivity contribution is 7.45. The van der Waals surface area contributed by atoms with Crippen LogP contribution in [0.1, 0.15) is 39.0 Å². The Hall–Kier alpha value is 0.0700. The standard InChI is InChI=1S/C10H24N.H3O4P/c1-5-6-7-8-9-10-11(2,3)4;1-5(2,3)4/h5-10H2,1-4H3;(H3,1,2,3,4)/q+1;. The van der Waals surface area contributed by atoms with Gasteiger partial charge in [0.05, 0.1) is 27.7 Å². The second-order valence-corrected chi connectivity index (χ2v) is 5.97. The summed E-state index contributed by atoms with van der Waals surface area (Å²) in [4.78, 5) is 21.6. The summed E-state index contributed by atoms with van der Waals surface area (Å²) in [6, 6.07) is 0. The van der Waals surface area contributed by atoms with Gasteiger partial charge in [0.15, 0.2) is 0 Å². The third-order valence-electron chi connectivity index (χ3n) is 1.93. The molecule has 3 N–H and O–H groups in total. The third-order valence-corrected chi connectivity index (χ3v) is 1.93. The second-order valence-electron chi connectivity index (χ2n) is 4.94. The van der Waals surface area contributed by atoms with Crippen LogP contribution in [0.3, 0.4) is 0 Å². The van der Waals surface area contributed by atoms with E-state index in [0.29, 0.717) is 0 Å². The monoisotopic (exact) mass is 256 g/mol. The summed E-state index contributed by atoms with van der Waals surface area (Å²) in [5, 5.41) is 0. The lowest BCUT2D eigenvalue weighted by molar-refractivity contribution is -0.870. The first-order valence-electron chi connectivity index (χ1n) is 5.65. The van der Waals surface area contributed by atoms with E-state index in [1.807, 2.05) is 0 Å². The van der Waals surface area contributed by atoms with Crippen molar-refractivity contribution in [2.45, 2.75) is 39.0 Å². The average Bonchev–Trinajstić information content (AvgIpc) is 1.98. The first-order valence-corrected chi connectivity index (χ1v) is 7.21. The quantitative estimate of drug-likeness (QED) is 0.384. The fraction of sp³-hybridized carbons (Fsp3) is 1.00. The predicted octanol–water partition coefficient (Wildman–Crippen LogP) is 1.73. The van der Waals surface area contributed by atoms with Crippen LogP contribution in [0.4, 0.5) is 0 Å². The zero-order valence-electron chi connectivity index (χ0n) is 10.9. The summed E-state index contributed by atoms with van der Waals surface area (Å²) in [5.41, 5.74) is 0. The van der Waals surface area contributed by atoms with E-state index in [4.69, 9.17) is 19.2 Å². The van der Waals surface area contributed by atoms with E-state index >= 15 is 0 Å². The van der Waals surface area contributed by atoms with Gasteiger partial charge in [-0.15, -0.1) is 0 Å². The molecule has 0 aliphatic rings. The first kappa shape index (κ1) is 18.4. The lowest BCUT2D eigenvalue weighted by Gasteiger charge is -2.23. The zero-order chi connectivity index (χ0) is 13.2. The van der Waals surface area contributed by atoms with E-state index < -0.39 is 7.82 Å². The largest absolute Gasteiger partial charge is 0.466 e. The van der Waals surface area contributed by atoms with Gasteiger partial charge in [-0.25, -0.2) is 4.57 Å². The molecule has 0 amide bonds. The minimum absolute atomic E-state index is 1.12. The van der Waals surface area contributed by atoms with Crippen molar-refractivity contribution in [3.63, 3.8) is 0 Å². The normalized spacial score (nSPS) is 11.9. The van der Waals surface area contributed by atoms with Crippen LogP contribution in [-0.4, -0.2) is 46.9 Å². The van der Waals surface area contributed by atoms with Crippen LogP contribution < -0.4 is 0 Å². The van der Waals surface area contributed by atoms with Crippen LogP contribution in [-0.2, 0) is 4.57 Å². The van der Waals surface area contributed by atoms with Crippen molar-refractivity contribution in [1.82, 2.24) is 0 Å². The van der Waals surface area contributed by atoms with Crippen LogP contribution in [0.15, 0.2) is 0 Å². The molecular formula is C10H27NO4P+. The Morgan fingerprint density at radius 2 is 1.31 bits per heavy atom. The fourth-order valence-electron chi connectivity index (χ4n) is 1.19. The molecule has 0 aromatic rings. The van der Waals surface area contributed by atoms with E-state index in [9.17, 15) is 0 Å². The molecule has 6 heteroatoms. The first-order chi connectivity index (χ1) is 7.06. The Morgan fingerprint density at radius 3 is 1.62 bits per heavy atom. The summed E-state index contributed by atoms with van der Waals surface area (Å²) in [7, 11) is 2.15. The minimum atomic E-state index is -4.64. The van der Waals surface area contributed by atoms with E-state index in [2.05, 4.69) is 28.1 Å². The molecule has 0 heterocycles. The van der Waals surface area contributed by atoms with E-state index in [0.717, 1.165) is 4.48 Å². The smallest absolute Gasteiger partial charge is 0.331 e. The molecule has 0 saturated heterocycles. The molecule has 0 saturated carbocycles. The van der Waals surface area contributed by atoms with Crippen LogP contribution in [0.25, 0.3) is 0 Å². The minimum Gasteiger partial charge on any atom is -0.331 e. The van der Waals surface area contributed by atoms with Gasteiger partial charge < -0.3 is 19.2 Å². The van der Waals surface area contributed by atoms with Crippen molar-refractivity contribution in [2.75, 3.05) is 27.7 Å². The number of unbranched alkanes of at least 4 members (excludes halogenated alkanes) is 4. The number of nitrogens with zero attached hydrogens (tertiary/aromatic N) is 1. The molecule has 0 radical (unpaired) electrons. The summed E-state index contributed by atoms with van der Waals surface area (Å²) < 4.78 is 10.00. The Kier molecular flexibility index (Phi) is 10.5. The molecule has 0 aromatic heterocycles. The molecule has 16 heavy (non-hydrogen) atoms. The third kappa shape index (κ3) is 36.9. The Balaban J connectivity index is 0. The van der Waals surface area contributed by atoms with Gasteiger partial charge in [-0.3, -0.25) is 0 Å². The molecule has 0 unspecified atom stereocenters. The second kappa shape index (κ2) is 9.14. The van der Waals surface area contributed by atoms with Gasteiger partial charge in [-0.1, -0.05) is 26.2 Å².